The molecule has 0 fully saturated rings. The Labute approximate surface area is 178 Å². The molecular formula is C18H16BrFN6O2S. The molecule has 11 heteroatoms. The Morgan fingerprint density at radius 1 is 1.31 bits per heavy atom. The highest BCUT2D eigenvalue weighted by atomic mass is 79.9. The van der Waals surface area contributed by atoms with Gasteiger partial charge in [0.25, 0.3) is 0 Å². The van der Waals surface area contributed by atoms with Crippen LogP contribution in [0, 0.1) is 5.82 Å². The van der Waals surface area contributed by atoms with Gasteiger partial charge in [-0.25, -0.2) is 14.9 Å². The lowest BCUT2D eigenvalue weighted by Crippen LogP contribution is -2.24. The first kappa shape index (κ1) is 20.8. The maximum atomic E-state index is 12.9. The molecular weight excluding hydrogens is 463 g/mol. The zero-order valence-electron chi connectivity index (χ0n) is 14.9. The summed E-state index contributed by atoms with van der Waals surface area (Å²) in [6, 6.07) is 10.9. The molecule has 2 aromatic carbocycles. The average Bonchev–Trinajstić information content (AvgIpc) is 3.16. The van der Waals surface area contributed by atoms with Gasteiger partial charge in [-0.2, -0.15) is 10.1 Å². The Hall–Kier alpha value is -2.92. The number of rotatable bonds is 8. The molecule has 3 rings (SSSR count). The van der Waals surface area contributed by atoms with Crippen LogP contribution < -0.4 is 10.7 Å². The lowest BCUT2D eigenvalue weighted by Gasteiger charge is -2.04. The lowest BCUT2D eigenvalue weighted by molar-refractivity contribution is -0.118. The first-order valence-corrected chi connectivity index (χ1v) is 10.1. The van der Waals surface area contributed by atoms with Gasteiger partial charge in [-0.05, 0) is 35.9 Å². The van der Waals surface area contributed by atoms with Crippen LogP contribution >= 0.6 is 27.7 Å². The second kappa shape index (κ2) is 10.0. The van der Waals surface area contributed by atoms with Crippen molar-refractivity contribution in [1.29, 1.82) is 0 Å². The van der Waals surface area contributed by atoms with Crippen molar-refractivity contribution in [3.8, 4) is 5.75 Å². The fraction of sp³-hybridized carbons (Fsp3) is 0.111. The van der Waals surface area contributed by atoms with Crippen LogP contribution in [0.1, 0.15) is 11.1 Å². The number of hydrazone groups is 1. The molecule has 0 aliphatic carbocycles. The number of aromatic amines is 1. The molecule has 0 aliphatic heterocycles. The van der Waals surface area contributed by atoms with Crippen molar-refractivity contribution < 1.29 is 14.3 Å². The molecule has 1 heterocycles. The molecule has 1 aromatic heterocycles. The van der Waals surface area contributed by atoms with E-state index >= 15 is 0 Å². The zero-order valence-corrected chi connectivity index (χ0v) is 17.3. The summed E-state index contributed by atoms with van der Waals surface area (Å²) in [6.45, 7) is 0.317. The van der Waals surface area contributed by atoms with Crippen LogP contribution in [0.2, 0.25) is 0 Å². The molecule has 0 atom stereocenters. The van der Waals surface area contributed by atoms with E-state index in [4.69, 9.17) is 0 Å². The van der Waals surface area contributed by atoms with E-state index < -0.39 is 0 Å². The van der Waals surface area contributed by atoms with E-state index in [1.807, 2.05) is 0 Å². The number of nitrogens with one attached hydrogen (secondary N) is 3. The Morgan fingerprint density at radius 3 is 2.90 bits per heavy atom. The summed E-state index contributed by atoms with van der Waals surface area (Å²) in [5.74, 6) is 0.0154. The summed E-state index contributed by atoms with van der Waals surface area (Å²) in [5.41, 5.74) is 4.00. The number of H-pyrrole nitrogens is 1. The van der Waals surface area contributed by atoms with E-state index in [0.717, 1.165) is 21.8 Å². The smallest absolute Gasteiger partial charge is 0.240 e. The number of carbonyl (C=O) groups is 1. The second-order valence-corrected chi connectivity index (χ2v) is 7.59. The molecule has 8 nitrogen and oxygen atoms in total. The number of hydrogen-bond acceptors (Lipinski definition) is 7. The Balaban J connectivity index is 1.43. The fourth-order valence-corrected chi connectivity index (χ4v) is 3.14. The molecule has 0 unspecified atom stereocenters. The largest absolute Gasteiger partial charge is 0.507 e. The number of halogens is 2. The van der Waals surface area contributed by atoms with E-state index in [1.165, 1.54) is 18.3 Å². The SMILES string of the molecule is O=C(CSc1n[nH]c(N/N=C\c2cc(Br)ccc2O)n1)NCc1ccc(F)cc1. The van der Waals surface area contributed by atoms with Gasteiger partial charge in [0.1, 0.15) is 11.6 Å². The minimum absolute atomic E-state index is 0.0965. The molecule has 29 heavy (non-hydrogen) atoms. The number of hydrogen-bond donors (Lipinski definition) is 4. The maximum Gasteiger partial charge on any atom is 0.240 e. The molecule has 4 N–H and O–H groups in total. The number of nitrogens with zero attached hydrogens (tertiary/aromatic N) is 3. The fourth-order valence-electron chi connectivity index (χ4n) is 2.14. The van der Waals surface area contributed by atoms with Gasteiger partial charge in [0.15, 0.2) is 0 Å². The van der Waals surface area contributed by atoms with Crippen LogP contribution in [-0.2, 0) is 11.3 Å². The number of benzene rings is 2. The van der Waals surface area contributed by atoms with E-state index in [9.17, 15) is 14.3 Å². The van der Waals surface area contributed by atoms with Crippen LogP contribution in [0.25, 0.3) is 0 Å². The van der Waals surface area contributed by atoms with E-state index in [-0.39, 0.29) is 23.2 Å². The van der Waals surface area contributed by atoms with Crippen LogP contribution in [0.15, 0.2) is 57.2 Å². The third-order valence-corrected chi connectivity index (χ3v) is 4.90. The number of carbonyl (C=O) groups excluding carboxylic acids is 1. The summed E-state index contributed by atoms with van der Waals surface area (Å²) >= 11 is 4.48. The quantitative estimate of drug-likeness (QED) is 0.224. The van der Waals surface area contributed by atoms with Crippen molar-refractivity contribution in [2.75, 3.05) is 11.2 Å². The summed E-state index contributed by atoms with van der Waals surface area (Å²) in [7, 11) is 0. The van der Waals surface area contributed by atoms with Gasteiger partial charge in [0.05, 0.1) is 12.0 Å². The van der Waals surface area contributed by atoms with Crippen molar-refractivity contribution in [3.05, 3.63) is 63.9 Å². The third kappa shape index (κ3) is 6.57. The first-order valence-electron chi connectivity index (χ1n) is 8.33. The van der Waals surface area contributed by atoms with E-state index in [0.29, 0.717) is 23.2 Å². The van der Waals surface area contributed by atoms with Crippen LogP contribution in [0.4, 0.5) is 10.3 Å². The standard InChI is InChI=1S/C18H16BrFN6O2S/c19-13-3-6-15(27)12(7-13)9-22-24-17-23-18(26-25-17)29-10-16(28)21-8-11-1-4-14(20)5-2-11/h1-7,9,27H,8,10H2,(H,21,28)(H2,23,24,25,26)/b22-9-. The summed E-state index contributed by atoms with van der Waals surface area (Å²) in [4.78, 5) is 16.1. The van der Waals surface area contributed by atoms with Gasteiger partial charge >= 0.3 is 0 Å². The highest BCUT2D eigenvalue weighted by Crippen LogP contribution is 2.20. The summed E-state index contributed by atoms with van der Waals surface area (Å²) in [5, 5.41) is 23.5. The molecule has 0 saturated carbocycles. The topological polar surface area (TPSA) is 115 Å². The first-order chi connectivity index (χ1) is 14.0. The van der Waals surface area contributed by atoms with E-state index in [2.05, 4.69) is 47.0 Å². The van der Waals surface area contributed by atoms with Crippen LogP contribution in [0.5, 0.6) is 5.75 Å². The molecule has 0 radical (unpaired) electrons. The minimum atomic E-state index is -0.317. The highest BCUT2D eigenvalue weighted by molar-refractivity contribution is 9.10. The lowest BCUT2D eigenvalue weighted by atomic mass is 10.2. The van der Waals surface area contributed by atoms with Crippen LogP contribution in [0.3, 0.4) is 0 Å². The number of phenolic OH excluding ortho intramolecular Hbond substituents is 1. The van der Waals surface area contributed by atoms with Crippen LogP contribution in [-0.4, -0.2) is 38.2 Å². The van der Waals surface area contributed by atoms with Crippen molar-refractivity contribution >= 4 is 45.8 Å². The molecule has 0 saturated heterocycles. The van der Waals surface area contributed by atoms with Gasteiger partial charge in [-0.15, -0.1) is 5.10 Å². The molecule has 0 spiro atoms. The predicted octanol–water partition coefficient (Wildman–Crippen LogP) is 3.27. The normalized spacial score (nSPS) is 11.0. The van der Waals surface area contributed by atoms with Crippen molar-refractivity contribution in [1.82, 2.24) is 20.5 Å². The predicted molar refractivity (Wildman–Crippen MR) is 112 cm³/mol. The molecule has 0 aliphatic rings. The van der Waals surface area contributed by atoms with Gasteiger partial charge < -0.3 is 10.4 Å². The van der Waals surface area contributed by atoms with Crippen molar-refractivity contribution in [3.63, 3.8) is 0 Å². The molecule has 150 valence electrons. The Bertz CT molecular complexity index is 1010. The van der Waals surface area contributed by atoms with E-state index in [1.54, 1.807) is 30.3 Å². The molecule has 3 aromatic rings. The molecule has 0 bridgehead atoms. The van der Waals surface area contributed by atoms with Crippen molar-refractivity contribution in [2.24, 2.45) is 5.10 Å². The Morgan fingerprint density at radius 2 is 2.10 bits per heavy atom. The number of amides is 1. The van der Waals surface area contributed by atoms with Gasteiger partial charge in [0.2, 0.25) is 17.0 Å². The number of anilines is 1. The number of aromatic hydroxyl groups is 1. The highest BCUT2D eigenvalue weighted by Gasteiger charge is 2.08. The zero-order chi connectivity index (χ0) is 20.6. The van der Waals surface area contributed by atoms with Gasteiger partial charge in [0, 0.05) is 16.6 Å². The number of phenols is 1. The van der Waals surface area contributed by atoms with Crippen molar-refractivity contribution in [2.45, 2.75) is 11.7 Å². The third-order valence-electron chi connectivity index (χ3n) is 3.56. The number of aromatic nitrogens is 3. The molecule has 1 amide bonds. The van der Waals surface area contributed by atoms with Gasteiger partial charge in [-0.1, -0.05) is 39.8 Å². The summed E-state index contributed by atoms with van der Waals surface area (Å²) in [6.07, 6.45) is 1.44. The second-order valence-electron chi connectivity index (χ2n) is 5.73. The minimum Gasteiger partial charge on any atom is -0.507 e. The summed E-state index contributed by atoms with van der Waals surface area (Å²) < 4.78 is 13.7. The van der Waals surface area contributed by atoms with Gasteiger partial charge in [-0.3, -0.25) is 4.79 Å². The maximum absolute atomic E-state index is 12.9. The number of thioether (sulfide) groups is 1. The monoisotopic (exact) mass is 478 g/mol. The average molecular weight is 479 g/mol. The Kier molecular flexibility index (Phi) is 7.19.